The van der Waals surface area contributed by atoms with Crippen LogP contribution in [0.2, 0.25) is 0 Å². The molecule has 0 aromatic carbocycles. The van der Waals surface area contributed by atoms with E-state index in [2.05, 4.69) is 20.2 Å². The van der Waals surface area contributed by atoms with E-state index in [9.17, 15) is 9.18 Å². The van der Waals surface area contributed by atoms with E-state index in [1.165, 1.54) is 5.01 Å². The molecular formula is C21H19FN6O2. The maximum absolute atomic E-state index is 14.7. The van der Waals surface area contributed by atoms with Crippen molar-refractivity contribution in [1.29, 1.82) is 0 Å². The zero-order valence-electron chi connectivity index (χ0n) is 16.3. The van der Waals surface area contributed by atoms with E-state index >= 15 is 0 Å². The Bertz CT molecular complexity index is 1280. The maximum Gasteiger partial charge on any atom is 0.430 e. The molecule has 152 valence electrons. The van der Waals surface area contributed by atoms with Crippen LogP contribution in [0.5, 0.6) is 0 Å². The maximum atomic E-state index is 14.7. The van der Waals surface area contributed by atoms with Gasteiger partial charge >= 0.3 is 6.09 Å². The fourth-order valence-corrected chi connectivity index (χ4v) is 3.68. The molecule has 9 heteroatoms. The van der Waals surface area contributed by atoms with E-state index in [0.717, 1.165) is 10.9 Å². The number of hydrogen-bond donors (Lipinski definition) is 0. The number of carbonyl (C=O) groups is 1. The zero-order valence-corrected chi connectivity index (χ0v) is 16.3. The van der Waals surface area contributed by atoms with E-state index in [-0.39, 0.29) is 5.92 Å². The van der Waals surface area contributed by atoms with E-state index < -0.39 is 12.3 Å². The lowest BCUT2D eigenvalue weighted by molar-refractivity contribution is 0.159. The number of ether oxygens (including phenoxy) is 1. The number of amides is 1. The molecule has 8 nitrogen and oxygen atoms in total. The van der Waals surface area contributed by atoms with E-state index in [1.54, 1.807) is 36.0 Å². The standard InChI is InChI=1S/C21H19FN6O2/c1-13(25-27-7-8-30-21(27)29)18-4-5-20-24-12-16(28(20)26-18)10-15-9-14-3-2-6-23-19(14)11-17(15)22/h2-6,9,11-12,15,17H,7-8,10H2,1H3/b25-13+. The number of imidazole rings is 1. The molecule has 1 amide bonds. The van der Waals surface area contributed by atoms with Crippen molar-refractivity contribution in [2.75, 3.05) is 13.2 Å². The van der Waals surface area contributed by atoms with Gasteiger partial charge in [-0.25, -0.2) is 18.7 Å². The minimum Gasteiger partial charge on any atom is -0.446 e. The number of alkyl halides is 1. The van der Waals surface area contributed by atoms with Crippen molar-refractivity contribution in [3.05, 3.63) is 58.6 Å². The lowest BCUT2D eigenvalue weighted by atomic mass is 9.93. The molecule has 0 spiro atoms. The van der Waals surface area contributed by atoms with Crippen LogP contribution in [-0.4, -0.2) is 55.7 Å². The molecule has 3 aromatic heterocycles. The van der Waals surface area contributed by atoms with Crippen molar-refractivity contribution in [3.63, 3.8) is 0 Å². The van der Waals surface area contributed by atoms with Gasteiger partial charge in [-0.3, -0.25) is 4.98 Å². The largest absolute Gasteiger partial charge is 0.446 e. The highest BCUT2D eigenvalue weighted by molar-refractivity contribution is 5.97. The minimum absolute atomic E-state index is 0.325. The van der Waals surface area contributed by atoms with Crippen LogP contribution in [0.4, 0.5) is 9.18 Å². The van der Waals surface area contributed by atoms with Crippen molar-refractivity contribution in [1.82, 2.24) is 24.6 Å². The van der Waals surface area contributed by atoms with Gasteiger partial charge < -0.3 is 4.74 Å². The molecular weight excluding hydrogens is 387 g/mol. The average Bonchev–Trinajstić information content (AvgIpc) is 3.34. The summed E-state index contributed by atoms with van der Waals surface area (Å²) >= 11 is 0. The van der Waals surface area contributed by atoms with E-state index in [0.29, 0.717) is 42.0 Å². The molecule has 4 heterocycles. The Morgan fingerprint density at radius 2 is 2.20 bits per heavy atom. The number of hydrogen-bond acceptors (Lipinski definition) is 6. The van der Waals surface area contributed by atoms with Crippen LogP contribution in [0, 0.1) is 5.92 Å². The van der Waals surface area contributed by atoms with Gasteiger partial charge in [-0.2, -0.15) is 15.2 Å². The first-order chi connectivity index (χ1) is 14.6. The highest BCUT2D eigenvalue weighted by Crippen LogP contribution is 2.20. The molecule has 0 bridgehead atoms. The molecule has 0 saturated carbocycles. The number of hydrazone groups is 1. The molecule has 5 rings (SSSR count). The lowest BCUT2D eigenvalue weighted by Gasteiger charge is -2.17. The molecule has 2 unspecified atom stereocenters. The Morgan fingerprint density at radius 3 is 3.03 bits per heavy atom. The van der Waals surface area contributed by atoms with Gasteiger partial charge in [0.2, 0.25) is 0 Å². The number of cyclic esters (lactones) is 1. The SMILES string of the molecule is C/C(=N\N1CCOC1=O)c1ccc2ncc(CC3C=c4cccnc4=CC3F)n2n1. The number of nitrogens with zero attached hydrogens (tertiary/aromatic N) is 6. The molecule has 2 atom stereocenters. The van der Waals surface area contributed by atoms with Gasteiger partial charge in [-0.05, 0) is 36.4 Å². The van der Waals surface area contributed by atoms with Gasteiger partial charge in [0, 0.05) is 18.5 Å². The lowest BCUT2D eigenvalue weighted by Crippen LogP contribution is -2.36. The van der Waals surface area contributed by atoms with Gasteiger partial charge in [0.15, 0.2) is 5.65 Å². The van der Waals surface area contributed by atoms with Crippen LogP contribution in [0.15, 0.2) is 41.8 Å². The first-order valence-corrected chi connectivity index (χ1v) is 9.71. The Labute approximate surface area is 171 Å². The van der Waals surface area contributed by atoms with E-state index in [1.807, 2.05) is 24.3 Å². The normalized spacial score (nSPS) is 21.2. The molecule has 1 saturated heterocycles. The third-order valence-electron chi connectivity index (χ3n) is 5.25. The monoisotopic (exact) mass is 406 g/mol. The Morgan fingerprint density at radius 1 is 1.30 bits per heavy atom. The van der Waals surface area contributed by atoms with Gasteiger partial charge in [-0.1, -0.05) is 12.1 Å². The van der Waals surface area contributed by atoms with Gasteiger partial charge in [-0.15, -0.1) is 0 Å². The fraction of sp³-hybridized carbons (Fsp3) is 0.286. The predicted molar refractivity (Wildman–Crippen MR) is 108 cm³/mol. The summed E-state index contributed by atoms with van der Waals surface area (Å²) in [6, 6.07) is 7.41. The molecule has 30 heavy (non-hydrogen) atoms. The summed E-state index contributed by atoms with van der Waals surface area (Å²) in [6.07, 6.45) is 5.71. The topological polar surface area (TPSA) is 85.0 Å². The molecule has 1 fully saturated rings. The van der Waals surface area contributed by atoms with Crippen molar-refractivity contribution >= 4 is 29.6 Å². The third-order valence-corrected chi connectivity index (χ3v) is 5.25. The summed E-state index contributed by atoms with van der Waals surface area (Å²) in [6.45, 7) is 2.52. The summed E-state index contributed by atoms with van der Waals surface area (Å²) in [5.74, 6) is -0.332. The third kappa shape index (κ3) is 3.32. The molecule has 3 aromatic rings. The van der Waals surface area contributed by atoms with Gasteiger partial charge in [0.1, 0.15) is 18.5 Å². The Hall–Kier alpha value is -3.62. The van der Waals surface area contributed by atoms with Gasteiger partial charge in [0.25, 0.3) is 0 Å². The van der Waals surface area contributed by atoms with Crippen LogP contribution < -0.4 is 10.6 Å². The van der Waals surface area contributed by atoms with Gasteiger partial charge in [0.05, 0.1) is 29.5 Å². The quantitative estimate of drug-likeness (QED) is 0.605. The molecule has 1 aliphatic carbocycles. The molecule has 1 aliphatic heterocycles. The highest BCUT2D eigenvalue weighted by atomic mass is 19.1. The number of halogens is 1. The van der Waals surface area contributed by atoms with Crippen molar-refractivity contribution < 1.29 is 13.9 Å². The molecule has 2 aliphatic rings. The first-order valence-electron chi connectivity index (χ1n) is 9.71. The second kappa shape index (κ2) is 7.33. The minimum atomic E-state index is -1.13. The first kappa shape index (κ1) is 18.4. The summed E-state index contributed by atoms with van der Waals surface area (Å²) < 4.78 is 21.3. The Kier molecular flexibility index (Phi) is 4.50. The predicted octanol–water partition coefficient (Wildman–Crippen LogP) is 1.07. The Balaban J connectivity index is 1.46. The van der Waals surface area contributed by atoms with Crippen LogP contribution >= 0.6 is 0 Å². The fourth-order valence-electron chi connectivity index (χ4n) is 3.68. The highest BCUT2D eigenvalue weighted by Gasteiger charge is 2.23. The van der Waals surface area contributed by atoms with Crippen LogP contribution in [0.3, 0.4) is 0 Å². The van der Waals surface area contributed by atoms with E-state index in [4.69, 9.17) is 4.74 Å². The number of pyridine rings is 1. The summed E-state index contributed by atoms with van der Waals surface area (Å²) in [5.41, 5.74) is 2.65. The van der Waals surface area contributed by atoms with Crippen molar-refractivity contribution in [2.45, 2.75) is 19.5 Å². The average molecular weight is 406 g/mol. The van der Waals surface area contributed by atoms with Crippen LogP contribution in [-0.2, 0) is 11.2 Å². The summed E-state index contributed by atoms with van der Waals surface area (Å²) in [4.78, 5) is 20.2. The smallest absolute Gasteiger partial charge is 0.430 e. The second-order valence-electron chi connectivity index (χ2n) is 7.28. The molecule has 0 N–H and O–H groups in total. The number of fused-ring (bicyclic) bond motifs is 2. The number of carbonyl (C=O) groups excluding carboxylic acids is 1. The van der Waals surface area contributed by atoms with Crippen molar-refractivity contribution in [3.8, 4) is 0 Å². The van der Waals surface area contributed by atoms with Crippen LogP contribution in [0.1, 0.15) is 18.3 Å². The second-order valence-corrected chi connectivity index (χ2v) is 7.28. The summed E-state index contributed by atoms with van der Waals surface area (Å²) in [5, 5.41) is 11.8. The number of aromatic nitrogens is 4. The van der Waals surface area contributed by atoms with Crippen molar-refractivity contribution in [2.24, 2.45) is 11.0 Å². The molecule has 0 radical (unpaired) electrons. The summed E-state index contributed by atoms with van der Waals surface area (Å²) in [7, 11) is 0. The van der Waals surface area contributed by atoms with Crippen LogP contribution in [0.25, 0.3) is 17.8 Å². The zero-order chi connectivity index (χ0) is 20.7. The number of rotatable bonds is 4.